The molecule has 0 aliphatic heterocycles. The van der Waals surface area contributed by atoms with E-state index in [1.54, 1.807) is 23.5 Å². The highest BCUT2D eigenvalue weighted by Crippen LogP contribution is 2.37. The normalized spacial score (nSPS) is 17.2. The molecule has 0 bridgehead atoms. The van der Waals surface area contributed by atoms with Crippen molar-refractivity contribution < 1.29 is 4.39 Å². The fourth-order valence-electron chi connectivity index (χ4n) is 2.82. The maximum atomic E-state index is 13.1. The third-order valence-electron chi connectivity index (χ3n) is 3.98. The molecule has 0 radical (unpaired) electrons. The molecule has 4 nitrogen and oxygen atoms in total. The van der Waals surface area contributed by atoms with Crippen molar-refractivity contribution in [3.63, 3.8) is 0 Å². The number of halogens is 1. The Kier molecular flexibility index (Phi) is 4.15. The predicted molar refractivity (Wildman–Crippen MR) is 89.9 cm³/mol. The summed E-state index contributed by atoms with van der Waals surface area (Å²) in [6.07, 6.45) is 3.31. The minimum Gasteiger partial charge on any atom is -0.303 e. The Morgan fingerprint density at radius 3 is 2.91 bits per heavy atom. The Morgan fingerprint density at radius 2 is 2.13 bits per heavy atom. The third kappa shape index (κ3) is 3.17. The standard InChI is InChI=1S/C16H15FN4S2/c17-11-6-4-10(5-7-11)16-19-15-13(2-1-3-14(15)23-16)18-8-12-9-22-21-20-12/h4-7,9,13,18H,1-3,8H2/t13-/m0/s1. The molecular weight excluding hydrogens is 331 g/mol. The van der Waals surface area contributed by atoms with Crippen LogP contribution in [0.3, 0.4) is 0 Å². The number of nitrogens with one attached hydrogen (secondary N) is 1. The molecule has 1 aliphatic rings. The number of rotatable bonds is 4. The fraction of sp³-hybridized carbons (Fsp3) is 0.312. The van der Waals surface area contributed by atoms with Gasteiger partial charge in [0.25, 0.3) is 0 Å². The lowest BCUT2D eigenvalue weighted by atomic mass is 9.97. The number of hydrogen-bond donors (Lipinski definition) is 1. The third-order valence-corrected chi connectivity index (χ3v) is 5.71. The largest absolute Gasteiger partial charge is 0.303 e. The van der Waals surface area contributed by atoms with Crippen molar-refractivity contribution in [1.29, 1.82) is 0 Å². The van der Waals surface area contributed by atoms with Crippen molar-refractivity contribution >= 4 is 22.9 Å². The number of fused-ring (bicyclic) bond motifs is 1. The lowest BCUT2D eigenvalue weighted by molar-refractivity contribution is 0.450. The van der Waals surface area contributed by atoms with Gasteiger partial charge < -0.3 is 5.32 Å². The second kappa shape index (κ2) is 6.43. The zero-order valence-electron chi connectivity index (χ0n) is 12.3. The minimum atomic E-state index is -0.216. The summed E-state index contributed by atoms with van der Waals surface area (Å²) in [5.41, 5.74) is 3.09. The SMILES string of the molecule is Fc1ccc(-c2nc3c(s2)CCC[C@@H]3NCc2csnn2)cc1. The smallest absolute Gasteiger partial charge is 0.123 e. The number of aryl methyl sites for hydroxylation is 1. The molecule has 0 amide bonds. The molecule has 118 valence electrons. The molecule has 1 aliphatic carbocycles. The van der Waals surface area contributed by atoms with Gasteiger partial charge in [-0.05, 0) is 55.1 Å². The van der Waals surface area contributed by atoms with Crippen LogP contribution in [0.15, 0.2) is 29.6 Å². The molecule has 1 aromatic carbocycles. The van der Waals surface area contributed by atoms with E-state index in [9.17, 15) is 4.39 Å². The van der Waals surface area contributed by atoms with Crippen molar-refractivity contribution in [3.05, 3.63) is 51.7 Å². The lowest BCUT2D eigenvalue weighted by Gasteiger charge is -2.21. The van der Waals surface area contributed by atoms with Crippen LogP contribution < -0.4 is 5.32 Å². The molecule has 2 aromatic heterocycles. The summed E-state index contributed by atoms with van der Waals surface area (Å²) >= 11 is 3.09. The summed E-state index contributed by atoms with van der Waals surface area (Å²) in [5, 5.41) is 10.5. The van der Waals surface area contributed by atoms with Crippen molar-refractivity contribution in [2.45, 2.75) is 31.8 Å². The van der Waals surface area contributed by atoms with E-state index in [4.69, 9.17) is 4.98 Å². The van der Waals surface area contributed by atoms with E-state index in [-0.39, 0.29) is 11.9 Å². The van der Waals surface area contributed by atoms with Crippen LogP contribution in [0.5, 0.6) is 0 Å². The molecule has 0 fully saturated rings. The van der Waals surface area contributed by atoms with E-state index in [0.29, 0.717) is 6.54 Å². The van der Waals surface area contributed by atoms with Crippen LogP contribution in [0.1, 0.15) is 35.1 Å². The van der Waals surface area contributed by atoms with Crippen molar-refractivity contribution in [1.82, 2.24) is 19.9 Å². The van der Waals surface area contributed by atoms with E-state index in [2.05, 4.69) is 14.9 Å². The summed E-state index contributed by atoms with van der Waals surface area (Å²) in [4.78, 5) is 6.17. The average molecular weight is 346 g/mol. The first-order valence-corrected chi connectivity index (χ1v) is 9.20. The molecule has 0 saturated heterocycles. The van der Waals surface area contributed by atoms with Crippen LogP contribution in [-0.2, 0) is 13.0 Å². The van der Waals surface area contributed by atoms with Crippen LogP contribution in [-0.4, -0.2) is 14.6 Å². The molecule has 7 heteroatoms. The van der Waals surface area contributed by atoms with Gasteiger partial charge in [-0.15, -0.1) is 16.4 Å². The zero-order chi connectivity index (χ0) is 15.6. The van der Waals surface area contributed by atoms with Crippen LogP contribution in [0.2, 0.25) is 0 Å². The first kappa shape index (κ1) is 14.9. The summed E-state index contributed by atoms with van der Waals surface area (Å²) in [5.74, 6) is -0.216. The van der Waals surface area contributed by atoms with Crippen LogP contribution >= 0.6 is 22.9 Å². The summed E-state index contributed by atoms with van der Waals surface area (Å²) in [6, 6.07) is 6.82. The van der Waals surface area contributed by atoms with Crippen LogP contribution in [0.25, 0.3) is 10.6 Å². The number of benzene rings is 1. The molecule has 4 rings (SSSR count). The topological polar surface area (TPSA) is 50.7 Å². The minimum absolute atomic E-state index is 0.216. The van der Waals surface area contributed by atoms with Gasteiger partial charge in [0.15, 0.2) is 0 Å². The predicted octanol–water partition coefficient (Wildman–Crippen LogP) is 3.97. The monoisotopic (exact) mass is 346 g/mol. The molecule has 0 spiro atoms. The van der Waals surface area contributed by atoms with E-state index in [1.165, 1.54) is 28.5 Å². The molecule has 3 aromatic rings. The van der Waals surface area contributed by atoms with Gasteiger partial charge in [-0.1, -0.05) is 4.49 Å². The average Bonchev–Trinajstić information content (AvgIpc) is 3.23. The fourth-order valence-corrected chi connectivity index (χ4v) is 4.44. The Bertz CT molecular complexity index is 783. The van der Waals surface area contributed by atoms with Gasteiger partial charge in [0.1, 0.15) is 10.8 Å². The van der Waals surface area contributed by atoms with Gasteiger partial charge in [0.05, 0.1) is 17.4 Å². The van der Waals surface area contributed by atoms with Crippen molar-refractivity contribution in [2.75, 3.05) is 0 Å². The van der Waals surface area contributed by atoms with Crippen molar-refractivity contribution in [3.8, 4) is 10.6 Å². The first-order chi connectivity index (χ1) is 11.3. The molecule has 2 heterocycles. The van der Waals surface area contributed by atoms with E-state index < -0.39 is 0 Å². The quantitative estimate of drug-likeness (QED) is 0.777. The Balaban J connectivity index is 1.56. The number of aromatic nitrogens is 3. The molecule has 23 heavy (non-hydrogen) atoms. The van der Waals surface area contributed by atoms with Gasteiger partial charge in [0.2, 0.25) is 0 Å². The van der Waals surface area contributed by atoms with Gasteiger partial charge in [-0.2, -0.15) is 0 Å². The Hall–Kier alpha value is -1.70. The maximum Gasteiger partial charge on any atom is 0.123 e. The molecular formula is C16H15FN4S2. The van der Waals surface area contributed by atoms with Crippen molar-refractivity contribution in [2.24, 2.45) is 0 Å². The summed E-state index contributed by atoms with van der Waals surface area (Å²) in [7, 11) is 0. The van der Waals surface area contributed by atoms with E-state index >= 15 is 0 Å². The van der Waals surface area contributed by atoms with Gasteiger partial charge in [0, 0.05) is 22.4 Å². The first-order valence-electron chi connectivity index (χ1n) is 7.54. The highest BCUT2D eigenvalue weighted by Gasteiger charge is 2.25. The van der Waals surface area contributed by atoms with E-state index in [1.807, 2.05) is 5.38 Å². The van der Waals surface area contributed by atoms with E-state index in [0.717, 1.165) is 41.2 Å². The van der Waals surface area contributed by atoms with Gasteiger partial charge in [-0.25, -0.2) is 9.37 Å². The zero-order valence-corrected chi connectivity index (χ0v) is 14.0. The van der Waals surface area contributed by atoms with Crippen LogP contribution in [0.4, 0.5) is 4.39 Å². The number of hydrogen-bond acceptors (Lipinski definition) is 6. The Morgan fingerprint density at radius 1 is 1.26 bits per heavy atom. The molecule has 1 atom stereocenters. The maximum absolute atomic E-state index is 13.1. The molecule has 0 saturated carbocycles. The van der Waals surface area contributed by atoms with Gasteiger partial charge >= 0.3 is 0 Å². The number of nitrogens with zero attached hydrogens (tertiary/aromatic N) is 3. The Labute approximate surface area is 141 Å². The highest BCUT2D eigenvalue weighted by molar-refractivity contribution is 7.15. The molecule has 1 N–H and O–H groups in total. The lowest BCUT2D eigenvalue weighted by Crippen LogP contribution is -2.24. The summed E-state index contributed by atoms with van der Waals surface area (Å²) in [6.45, 7) is 0.712. The van der Waals surface area contributed by atoms with Gasteiger partial charge in [-0.3, -0.25) is 0 Å². The van der Waals surface area contributed by atoms with Crippen LogP contribution in [0, 0.1) is 5.82 Å². The second-order valence-electron chi connectivity index (χ2n) is 5.56. The second-order valence-corrected chi connectivity index (χ2v) is 7.25. The highest BCUT2D eigenvalue weighted by atomic mass is 32.1. The molecule has 0 unspecified atom stereocenters. The number of thiazole rings is 1. The summed E-state index contributed by atoms with van der Waals surface area (Å²) < 4.78 is 17.0.